The van der Waals surface area contributed by atoms with E-state index in [2.05, 4.69) is 22.2 Å². The van der Waals surface area contributed by atoms with Gasteiger partial charge < -0.3 is 14.8 Å². The molecular formula is C19H20FN3O4. The van der Waals surface area contributed by atoms with Crippen LogP contribution in [0.15, 0.2) is 49.1 Å². The smallest absolute Gasteiger partial charge is 0.411 e. The van der Waals surface area contributed by atoms with E-state index >= 15 is 0 Å². The monoisotopic (exact) mass is 373 g/mol. The lowest BCUT2D eigenvalue weighted by Crippen LogP contribution is -2.19. The van der Waals surface area contributed by atoms with Gasteiger partial charge in [0, 0.05) is 5.56 Å². The first-order valence-corrected chi connectivity index (χ1v) is 8.12. The Bertz CT molecular complexity index is 868. The molecule has 1 aromatic heterocycles. The molecule has 1 heterocycles. The average molecular weight is 373 g/mol. The minimum atomic E-state index is -0.973. The second-order valence-electron chi connectivity index (χ2n) is 5.88. The predicted molar refractivity (Wildman–Crippen MR) is 99.5 cm³/mol. The number of pyridine rings is 1. The van der Waals surface area contributed by atoms with Crippen molar-refractivity contribution in [3.05, 3.63) is 60.4 Å². The molecule has 8 heteroatoms. The van der Waals surface area contributed by atoms with Gasteiger partial charge in [-0.3, -0.25) is 15.1 Å². The second-order valence-corrected chi connectivity index (χ2v) is 5.88. The molecule has 142 valence electrons. The second kappa shape index (κ2) is 8.79. The van der Waals surface area contributed by atoms with E-state index in [4.69, 9.17) is 9.47 Å². The number of amides is 2. The van der Waals surface area contributed by atoms with Gasteiger partial charge in [-0.25, -0.2) is 4.79 Å². The summed E-state index contributed by atoms with van der Waals surface area (Å²) in [7, 11) is 0. The molecule has 0 saturated carbocycles. The standard InChI is InChI=1S/C19H20FN3O4/c1-11(2)26-19(25)23-17-9-15(10-21-12(17)3)22-18(24)14-6-5-7-16(8-14)27-13(4)20/h5-11H,4H2,1-3H3,(H,22,24)(H,23,25). The summed E-state index contributed by atoms with van der Waals surface area (Å²) in [5.74, 6) is -0.303. The molecule has 7 nitrogen and oxygen atoms in total. The van der Waals surface area contributed by atoms with Gasteiger partial charge in [0.05, 0.1) is 29.4 Å². The van der Waals surface area contributed by atoms with E-state index in [0.29, 0.717) is 17.1 Å². The zero-order chi connectivity index (χ0) is 20.0. The van der Waals surface area contributed by atoms with Gasteiger partial charge in [-0.1, -0.05) is 6.07 Å². The molecule has 0 aliphatic carbocycles. The highest BCUT2D eigenvalue weighted by molar-refractivity contribution is 6.04. The molecule has 0 atom stereocenters. The van der Waals surface area contributed by atoms with Crippen molar-refractivity contribution >= 4 is 23.4 Å². The Morgan fingerprint density at radius 3 is 2.63 bits per heavy atom. The molecule has 2 rings (SSSR count). The molecule has 2 N–H and O–H groups in total. The van der Waals surface area contributed by atoms with Crippen molar-refractivity contribution in [2.45, 2.75) is 26.9 Å². The Hall–Kier alpha value is -3.42. The van der Waals surface area contributed by atoms with Gasteiger partial charge in [-0.15, -0.1) is 0 Å². The first-order chi connectivity index (χ1) is 12.7. The van der Waals surface area contributed by atoms with E-state index in [1.807, 2.05) is 0 Å². The molecule has 1 aromatic carbocycles. The summed E-state index contributed by atoms with van der Waals surface area (Å²) in [5, 5.41) is 5.23. The van der Waals surface area contributed by atoms with Crippen LogP contribution in [0.4, 0.5) is 20.6 Å². The van der Waals surface area contributed by atoms with E-state index in [1.165, 1.54) is 18.3 Å². The Kier molecular flexibility index (Phi) is 6.48. The maximum Gasteiger partial charge on any atom is 0.411 e. The topological polar surface area (TPSA) is 89.5 Å². The van der Waals surface area contributed by atoms with Crippen LogP contribution in [0.1, 0.15) is 29.9 Å². The zero-order valence-corrected chi connectivity index (χ0v) is 15.2. The van der Waals surface area contributed by atoms with Crippen molar-refractivity contribution < 1.29 is 23.5 Å². The summed E-state index contributed by atoms with van der Waals surface area (Å²) in [4.78, 5) is 28.3. The molecular weight excluding hydrogens is 353 g/mol. The number of aromatic nitrogens is 1. The number of ether oxygens (including phenoxy) is 2. The van der Waals surface area contributed by atoms with Crippen LogP contribution < -0.4 is 15.4 Å². The molecule has 2 aromatic rings. The first-order valence-electron chi connectivity index (χ1n) is 8.12. The SMILES string of the molecule is C=C(F)Oc1cccc(C(=O)Nc2cnc(C)c(NC(=O)OC(C)C)c2)c1. The summed E-state index contributed by atoms with van der Waals surface area (Å²) in [6, 6.07) is 6.56. The number of nitrogens with zero attached hydrogens (tertiary/aromatic N) is 1. The molecule has 0 aliphatic rings. The van der Waals surface area contributed by atoms with Crippen molar-refractivity contribution in [2.24, 2.45) is 0 Å². The first kappa shape index (κ1) is 19.9. The van der Waals surface area contributed by atoms with Crippen molar-refractivity contribution in [3.8, 4) is 5.75 Å². The summed E-state index contributed by atoms with van der Waals surface area (Å²) >= 11 is 0. The van der Waals surface area contributed by atoms with Crippen molar-refractivity contribution in [1.29, 1.82) is 0 Å². The van der Waals surface area contributed by atoms with Crippen LogP contribution in [0.5, 0.6) is 5.75 Å². The maximum atomic E-state index is 12.8. The average Bonchev–Trinajstić information content (AvgIpc) is 2.56. The van der Waals surface area contributed by atoms with Crippen LogP contribution in [0.3, 0.4) is 0 Å². The van der Waals surface area contributed by atoms with Gasteiger partial charge in [0.1, 0.15) is 5.75 Å². The summed E-state index contributed by atoms with van der Waals surface area (Å²) in [5.41, 5.74) is 1.59. The Morgan fingerprint density at radius 2 is 1.96 bits per heavy atom. The number of benzene rings is 1. The summed E-state index contributed by atoms with van der Waals surface area (Å²) < 4.78 is 22.5. The fraction of sp³-hybridized carbons (Fsp3) is 0.211. The van der Waals surface area contributed by atoms with Crippen molar-refractivity contribution in [3.63, 3.8) is 0 Å². The number of hydrogen-bond donors (Lipinski definition) is 2. The van der Waals surface area contributed by atoms with Gasteiger partial charge in [-0.2, -0.15) is 4.39 Å². The van der Waals surface area contributed by atoms with E-state index < -0.39 is 18.0 Å². The van der Waals surface area contributed by atoms with Gasteiger partial charge in [0.25, 0.3) is 11.9 Å². The van der Waals surface area contributed by atoms with Crippen LogP contribution in [0.2, 0.25) is 0 Å². The molecule has 0 aliphatic heterocycles. The fourth-order valence-corrected chi connectivity index (χ4v) is 2.11. The third-order valence-electron chi connectivity index (χ3n) is 3.25. The van der Waals surface area contributed by atoms with Gasteiger partial charge in [-0.05, 0) is 51.6 Å². The molecule has 0 unspecified atom stereocenters. The van der Waals surface area contributed by atoms with E-state index in [9.17, 15) is 14.0 Å². The largest absolute Gasteiger partial charge is 0.447 e. The Morgan fingerprint density at radius 1 is 1.22 bits per heavy atom. The quantitative estimate of drug-likeness (QED) is 0.732. The lowest BCUT2D eigenvalue weighted by Gasteiger charge is -2.13. The maximum absolute atomic E-state index is 12.8. The number of nitrogens with one attached hydrogen (secondary N) is 2. The molecule has 0 fully saturated rings. The molecule has 0 radical (unpaired) electrons. The highest BCUT2D eigenvalue weighted by Crippen LogP contribution is 2.20. The summed E-state index contributed by atoms with van der Waals surface area (Å²) in [6.07, 6.45) is 0.571. The predicted octanol–water partition coefficient (Wildman–Crippen LogP) is 4.42. The van der Waals surface area contributed by atoms with Gasteiger partial charge >= 0.3 is 6.09 Å². The van der Waals surface area contributed by atoms with Crippen LogP contribution in [0, 0.1) is 6.92 Å². The van der Waals surface area contributed by atoms with Gasteiger partial charge in [0.15, 0.2) is 0 Å². The minimum absolute atomic E-state index is 0.149. The Labute approximate surface area is 156 Å². The van der Waals surface area contributed by atoms with Crippen LogP contribution in [0.25, 0.3) is 0 Å². The molecule has 27 heavy (non-hydrogen) atoms. The third-order valence-corrected chi connectivity index (χ3v) is 3.25. The number of halogens is 1. The van der Waals surface area contributed by atoms with E-state index in [0.717, 1.165) is 0 Å². The molecule has 0 saturated heterocycles. The van der Waals surface area contributed by atoms with Crippen molar-refractivity contribution in [2.75, 3.05) is 10.6 Å². The van der Waals surface area contributed by atoms with Crippen LogP contribution >= 0.6 is 0 Å². The van der Waals surface area contributed by atoms with Gasteiger partial charge in [0.2, 0.25) is 0 Å². The number of hydrogen-bond acceptors (Lipinski definition) is 5. The van der Waals surface area contributed by atoms with Crippen LogP contribution in [-0.2, 0) is 4.74 Å². The number of rotatable bonds is 6. The van der Waals surface area contributed by atoms with E-state index in [-0.39, 0.29) is 17.4 Å². The molecule has 2 amide bonds. The Balaban J connectivity index is 2.13. The molecule has 0 bridgehead atoms. The highest BCUT2D eigenvalue weighted by Gasteiger charge is 2.12. The summed E-state index contributed by atoms with van der Waals surface area (Å²) in [6.45, 7) is 8.19. The lowest BCUT2D eigenvalue weighted by molar-refractivity contribution is 0.102. The number of carbonyl (C=O) groups is 2. The molecule has 0 spiro atoms. The third kappa shape index (κ3) is 6.10. The number of carbonyl (C=O) groups excluding carboxylic acids is 2. The normalized spacial score (nSPS) is 10.3. The zero-order valence-electron chi connectivity index (χ0n) is 15.2. The fourth-order valence-electron chi connectivity index (χ4n) is 2.11. The van der Waals surface area contributed by atoms with Crippen LogP contribution in [-0.4, -0.2) is 23.1 Å². The minimum Gasteiger partial charge on any atom is -0.447 e. The number of aryl methyl sites for hydroxylation is 1. The number of anilines is 2. The van der Waals surface area contributed by atoms with E-state index in [1.54, 1.807) is 39.0 Å². The lowest BCUT2D eigenvalue weighted by atomic mass is 10.2. The highest BCUT2D eigenvalue weighted by atomic mass is 19.1. The van der Waals surface area contributed by atoms with Crippen molar-refractivity contribution in [1.82, 2.24) is 4.98 Å².